The lowest BCUT2D eigenvalue weighted by Gasteiger charge is -2.12. The molecule has 0 spiro atoms. The quantitative estimate of drug-likeness (QED) is 0.809. The first-order chi connectivity index (χ1) is 9.60. The van der Waals surface area contributed by atoms with Crippen LogP contribution in [0.2, 0.25) is 0 Å². The van der Waals surface area contributed by atoms with Crippen LogP contribution < -0.4 is 5.32 Å². The van der Waals surface area contributed by atoms with Gasteiger partial charge in [-0.05, 0) is 38.0 Å². The molecule has 0 aliphatic carbocycles. The van der Waals surface area contributed by atoms with Crippen LogP contribution in [0.3, 0.4) is 0 Å². The van der Waals surface area contributed by atoms with Gasteiger partial charge < -0.3 is 15.2 Å². The third kappa shape index (κ3) is 3.56. The summed E-state index contributed by atoms with van der Waals surface area (Å²) in [6, 6.07) is 4.25. The van der Waals surface area contributed by atoms with Gasteiger partial charge in [-0.3, -0.25) is 4.79 Å². The number of carbonyl (C=O) groups excluding carboxylic acids is 1. The monoisotopic (exact) mass is 277 g/mol. The molecule has 20 heavy (non-hydrogen) atoms. The van der Waals surface area contributed by atoms with Gasteiger partial charge in [0.1, 0.15) is 18.5 Å². The summed E-state index contributed by atoms with van der Waals surface area (Å²) in [5.41, 5.74) is 0.549. The highest BCUT2D eigenvalue weighted by molar-refractivity contribution is 5.94. The van der Waals surface area contributed by atoms with E-state index in [1.807, 2.05) is 6.92 Å². The second-order valence-electron chi connectivity index (χ2n) is 4.66. The minimum Gasteiger partial charge on any atom is -0.384 e. The van der Waals surface area contributed by atoms with Crippen molar-refractivity contribution in [1.82, 2.24) is 0 Å². The summed E-state index contributed by atoms with van der Waals surface area (Å²) < 4.78 is 19.2. The lowest BCUT2D eigenvalue weighted by Crippen LogP contribution is -2.28. The summed E-state index contributed by atoms with van der Waals surface area (Å²) in [4.78, 5) is 11.9. The minimum absolute atomic E-state index is 0.0618. The molecule has 0 radical (unpaired) electrons. The summed E-state index contributed by atoms with van der Waals surface area (Å²) in [5, 5.41) is 11.1. The molecule has 2 N–H and O–H groups in total. The van der Waals surface area contributed by atoms with Crippen molar-refractivity contribution >= 4 is 11.6 Å². The van der Waals surface area contributed by atoms with Crippen molar-refractivity contribution in [1.29, 1.82) is 0 Å². The number of anilines is 1. The number of rotatable bonds is 2. The lowest BCUT2D eigenvalue weighted by atomic mass is 10.1. The summed E-state index contributed by atoms with van der Waals surface area (Å²) in [5.74, 6) is 4.14. The predicted octanol–water partition coefficient (Wildman–Crippen LogP) is 1.68. The molecule has 106 valence electrons. The van der Waals surface area contributed by atoms with Gasteiger partial charge in [-0.25, -0.2) is 4.39 Å². The Balaban J connectivity index is 2.04. The molecule has 1 aromatic rings. The molecular formula is C15H16FNO3. The van der Waals surface area contributed by atoms with Crippen molar-refractivity contribution in [3.63, 3.8) is 0 Å². The molecule has 1 fully saturated rings. The lowest BCUT2D eigenvalue weighted by molar-refractivity contribution is -0.126. The zero-order valence-corrected chi connectivity index (χ0v) is 11.1. The van der Waals surface area contributed by atoms with E-state index in [0.29, 0.717) is 12.0 Å². The Hall–Kier alpha value is -1.90. The summed E-state index contributed by atoms with van der Waals surface area (Å²) in [7, 11) is 0. The third-order valence-electron chi connectivity index (χ3n) is 3.06. The molecule has 1 amide bonds. The molecule has 4 nitrogen and oxygen atoms in total. The second-order valence-corrected chi connectivity index (χ2v) is 4.66. The fraction of sp³-hybridized carbons (Fsp3) is 0.400. The zero-order chi connectivity index (χ0) is 14.5. The number of aliphatic hydroxyl groups excluding tert-OH is 1. The maximum atomic E-state index is 13.8. The number of ether oxygens (including phenoxy) is 1. The summed E-state index contributed by atoms with van der Waals surface area (Å²) in [6.45, 7) is 1.62. The van der Waals surface area contributed by atoms with E-state index in [9.17, 15) is 9.18 Å². The van der Waals surface area contributed by atoms with E-state index in [1.54, 1.807) is 6.07 Å². The number of nitrogens with one attached hydrogen (secondary N) is 1. The molecule has 2 atom stereocenters. The first-order valence-corrected chi connectivity index (χ1v) is 6.45. The van der Waals surface area contributed by atoms with Crippen LogP contribution in [0.1, 0.15) is 25.3 Å². The van der Waals surface area contributed by atoms with Gasteiger partial charge in [0.05, 0.1) is 11.8 Å². The average Bonchev–Trinajstić information content (AvgIpc) is 2.86. The molecule has 1 heterocycles. The molecule has 1 aliphatic rings. The molecule has 2 unspecified atom stereocenters. The number of benzene rings is 1. The highest BCUT2D eigenvalue weighted by Gasteiger charge is 2.28. The largest absolute Gasteiger partial charge is 0.384 e. The van der Waals surface area contributed by atoms with Crippen molar-refractivity contribution in [2.75, 3.05) is 11.9 Å². The Morgan fingerprint density at radius 2 is 2.35 bits per heavy atom. The van der Waals surface area contributed by atoms with E-state index < -0.39 is 11.9 Å². The van der Waals surface area contributed by atoms with Gasteiger partial charge in [0.15, 0.2) is 0 Å². The molecule has 1 aliphatic heterocycles. The maximum Gasteiger partial charge on any atom is 0.253 e. The van der Waals surface area contributed by atoms with Gasteiger partial charge in [0.2, 0.25) is 0 Å². The second kappa shape index (κ2) is 6.51. The standard InChI is InChI=1S/C15H16FNO3/c1-10-4-7-14(20-10)15(19)17-13-6-5-11(3-2-8-18)9-12(13)16/h5-6,9-10,14,18H,4,7-8H2,1H3,(H,17,19). The van der Waals surface area contributed by atoms with E-state index >= 15 is 0 Å². The van der Waals surface area contributed by atoms with Gasteiger partial charge in [-0.15, -0.1) is 0 Å². The Morgan fingerprint density at radius 3 is 2.95 bits per heavy atom. The first kappa shape index (κ1) is 14.5. The Labute approximate surface area is 116 Å². The highest BCUT2D eigenvalue weighted by atomic mass is 19.1. The maximum absolute atomic E-state index is 13.8. The normalized spacial score (nSPS) is 21.1. The smallest absolute Gasteiger partial charge is 0.253 e. The van der Waals surface area contributed by atoms with Gasteiger partial charge in [0.25, 0.3) is 5.91 Å². The molecule has 1 saturated heterocycles. The molecule has 5 heteroatoms. The van der Waals surface area contributed by atoms with Crippen LogP contribution in [0, 0.1) is 17.7 Å². The predicted molar refractivity (Wildman–Crippen MR) is 72.6 cm³/mol. The van der Waals surface area contributed by atoms with E-state index in [1.165, 1.54) is 12.1 Å². The first-order valence-electron chi connectivity index (χ1n) is 6.45. The van der Waals surface area contributed by atoms with Crippen LogP contribution in [0.25, 0.3) is 0 Å². The number of carbonyl (C=O) groups is 1. The summed E-state index contributed by atoms with van der Waals surface area (Å²) >= 11 is 0. The Bertz CT molecular complexity index is 562. The number of hydrogen-bond acceptors (Lipinski definition) is 3. The van der Waals surface area contributed by atoms with E-state index in [0.717, 1.165) is 6.42 Å². The van der Waals surface area contributed by atoms with Crippen LogP contribution >= 0.6 is 0 Å². The fourth-order valence-electron chi connectivity index (χ4n) is 2.04. The fourth-order valence-corrected chi connectivity index (χ4v) is 2.04. The van der Waals surface area contributed by atoms with Gasteiger partial charge in [-0.1, -0.05) is 11.8 Å². The number of hydrogen-bond donors (Lipinski definition) is 2. The molecule has 2 rings (SSSR count). The highest BCUT2D eigenvalue weighted by Crippen LogP contribution is 2.22. The molecule has 1 aromatic carbocycles. The van der Waals surface area contributed by atoms with E-state index in [2.05, 4.69) is 17.2 Å². The van der Waals surface area contributed by atoms with E-state index in [-0.39, 0.29) is 24.3 Å². The van der Waals surface area contributed by atoms with Crippen LogP contribution in [-0.4, -0.2) is 29.8 Å². The number of halogens is 1. The van der Waals surface area contributed by atoms with Crippen molar-refractivity contribution < 1.29 is 19.0 Å². The molecule has 0 bridgehead atoms. The van der Waals surface area contributed by atoms with Crippen molar-refractivity contribution in [3.05, 3.63) is 29.6 Å². The molecule has 0 saturated carbocycles. The van der Waals surface area contributed by atoms with Gasteiger partial charge in [0, 0.05) is 5.56 Å². The van der Waals surface area contributed by atoms with Crippen molar-refractivity contribution in [2.45, 2.75) is 32.0 Å². The minimum atomic E-state index is -0.561. The topological polar surface area (TPSA) is 58.6 Å². The molecular weight excluding hydrogens is 261 g/mol. The van der Waals surface area contributed by atoms with Crippen molar-refractivity contribution in [3.8, 4) is 11.8 Å². The number of aliphatic hydroxyl groups is 1. The van der Waals surface area contributed by atoms with Crippen LogP contribution in [0.15, 0.2) is 18.2 Å². The van der Waals surface area contributed by atoms with Crippen LogP contribution in [0.4, 0.5) is 10.1 Å². The Kier molecular flexibility index (Phi) is 4.72. The van der Waals surface area contributed by atoms with Gasteiger partial charge >= 0.3 is 0 Å². The van der Waals surface area contributed by atoms with Crippen LogP contribution in [-0.2, 0) is 9.53 Å². The number of amides is 1. The Morgan fingerprint density at radius 1 is 1.55 bits per heavy atom. The third-order valence-corrected chi connectivity index (χ3v) is 3.06. The van der Waals surface area contributed by atoms with Crippen LogP contribution in [0.5, 0.6) is 0 Å². The SMILES string of the molecule is CC1CCC(C(=O)Nc2ccc(C#CCO)cc2F)O1. The zero-order valence-electron chi connectivity index (χ0n) is 11.1. The van der Waals surface area contributed by atoms with Crippen molar-refractivity contribution in [2.24, 2.45) is 0 Å². The average molecular weight is 277 g/mol. The van der Waals surface area contributed by atoms with E-state index in [4.69, 9.17) is 9.84 Å². The molecule has 0 aromatic heterocycles. The van der Waals surface area contributed by atoms with Gasteiger partial charge in [-0.2, -0.15) is 0 Å². The summed E-state index contributed by atoms with van der Waals surface area (Å²) in [6.07, 6.45) is 1.02.